The minimum atomic E-state index is -3.67. The lowest BCUT2D eigenvalue weighted by Gasteiger charge is -2.08. The first-order chi connectivity index (χ1) is 8.92. The minimum Gasteiger partial charge on any atom is -0.363 e. The lowest BCUT2D eigenvalue weighted by atomic mass is 10.3. The highest BCUT2D eigenvalue weighted by Crippen LogP contribution is 2.28. The molecule has 0 saturated carbocycles. The van der Waals surface area contributed by atoms with Crippen LogP contribution in [0.3, 0.4) is 0 Å². The highest BCUT2D eigenvalue weighted by atomic mass is 79.9. The molecule has 1 aromatic carbocycles. The van der Waals surface area contributed by atoms with E-state index in [0.29, 0.717) is 20.9 Å². The highest BCUT2D eigenvalue weighted by Gasteiger charge is 2.17. The molecule has 0 fully saturated rings. The Bertz CT molecular complexity index is 700. The summed E-state index contributed by atoms with van der Waals surface area (Å²) in [5, 5.41) is 0.442. The Hall–Kier alpha value is -1.02. The van der Waals surface area contributed by atoms with Gasteiger partial charge in [0.2, 0.25) is 0 Å². The first-order valence-corrected chi connectivity index (χ1v) is 7.93. The predicted molar refractivity (Wildman–Crippen MR) is 78.6 cm³/mol. The zero-order valence-corrected chi connectivity index (χ0v) is 12.8. The van der Waals surface area contributed by atoms with Crippen LogP contribution in [0.5, 0.6) is 0 Å². The fraction of sp³-hybridized carbons (Fsp3) is 0.0909. The maximum atomic E-state index is 12.2. The Labute approximate surface area is 124 Å². The number of hydrogen-bond acceptors (Lipinski definition) is 3. The van der Waals surface area contributed by atoms with Crippen molar-refractivity contribution in [3.8, 4) is 0 Å². The van der Waals surface area contributed by atoms with Gasteiger partial charge < -0.3 is 10.7 Å². The van der Waals surface area contributed by atoms with Gasteiger partial charge in [0, 0.05) is 27.9 Å². The molecule has 0 atom stereocenters. The van der Waals surface area contributed by atoms with Crippen LogP contribution in [-0.2, 0) is 16.6 Å². The summed E-state index contributed by atoms with van der Waals surface area (Å²) in [5.74, 6) is 0. The fourth-order valence-electron chi connectivity index (χ4n) is 1.47. The van der Waals surface area contributed by atoms with Crippen molar-refractivity contribution in [3.05, 3.63) is 45.7 Å². The van der Waals surface area contributed by atoms with Gasteiger partial charge in [-0.05, 0) is 40.2 Å². The molecule has 0 amide bonds. The SMILES string of the molecule is NCc1cc(S(=O)(=O)Nc2cc(Cl)ccc2Br)c[nH]1. The molecule has 2 rings (SSSR count). The quantitative estimate of drug-likeness (QED) is 0.779. The van der Waals surface area contributed by atoms with Crippen LogP contribution in [0.2, 0.25) is 5.02 Å². The predicted octanol–water partition coefficient (Wildman–Crippen LogP) is 2.69. The normalized spacial score (nSPS) is 11.5. The summed E-state index contributed by atoms with van der Waals surface area (Å²) in [4.78, 5) is 2.92. The van der Waals surface area contributed by atoms with Crippen LogP contribution in [0.1, 0.15) is 5.69 Å². The van der Waals surface area contributed by atoms with Crippen LogP contribution >= 0.6 is 27.5 Å². The summed E-state index contributed by atoms with van der Waals surface area (Å²) in [6.07, 6.45) is 1.39. The molecule has 19 heavy (non-hydrogen) atoms. The molecular formula is C11H11BrClN3O2S. The van der Waals surface area contributed by atoms with Gasteiger partial charge in [-0.3, -0.25) is 4.72 Å². The molecule has 0 aliphatic carbocycles. The van der Waals surface area contributed by atoms with Crippen LogP contribution in [0, 0.1) is 0 Å². The molecule has 102 valence electrons. The third-order valence-electron chi connectivity index (χ3n) is 2.42. The van der Waals surface area contributed by atoms with Crippen LogP contribution < -0.4 is 10.5 Å². The summed E-state index contributed by atoms with van der Waals surface area (Å²) in [7, 11) is -3.67. The van der Waals surface area contributed by atoms with E-state index in [0.717, 1.165) is 0 Å². The van der Waals surface area contributed by atoms with E-state index in [1.807, 2.05) is 0 Å². The molecule has 8 heteroatoms. The lowest BCUT2D eigenvalue weighted by molar-refractivity contribution is 0.601. The molecule has 0 radical (unpaired) electrons. The molecular weight excluding hydrogens is 354 g/mol. The van der Waals surface area contributed by atoms with Gasteiger partial charge in [-0.15, -0.1) is 0 Å². The van der Waals surface area contributed by atoms with Gasteiger partial charge in [0.05, 0.1) is 5.69 Å². The summed E-state index contributed by atoms with van der Waals surface area (Å²) in [6.45, 7) is 0.246. The molecule has 0 spiro atoms. The first kappa shape index (κ1) is 14.4. The van der Waals surface area contributed by atoms with Gasteiger partial charge in [0.25, 0.3) is 10.0 Å². The van der Waals surface area contributed by atoms with Crippen molar-refractivity contribution >= 4 is 43.2 Å². The molecule has 5 nitrogen and oxygen atoms in total. The van der Waals surface area contributed by atoms with E-state index in [-0.39, 0.29) is 11.4 Å². The van der Waals surface area contributed by atoms with E-state index >= 15 is 0 Å². The number of anilines is 1. The molecule has 0 aliphatic rings. The van der Waals surface area contributed by atoms with Crippen LogP contribution in [-0.4, -0.2) is 13.4 Å². The van der Waals surface area contributed by atoms with Crippen molar-refractivity contribution in [2.45, 2.75) is 11.4 Å². The number of sulfonamides is 1. The van der Waals surface area contributed by atoms with Crippen LogP contribution in [0.15, 0.2) is 39.8 Å². The third kappa shape index (κ3) is 3.30. The van der Waals surface area contributed by atoms with Crippen molar-refractivity contribution < 1.29 is 8.42 Å². The highest BCUT2D eigenvalue weighted by molar-refractivity contribution is 9.10. The van der Waals surface area contributed by atoms with E-state index < -0.39 is 10.0 Å². The number of halogens is 2. The van der Waals surface area contributed by atoms with Crippen LogP contribution in [0.4, 0.5) is 5.69 Å². The van der Waals surface area contributed by atoms with E-state index in [2.05, 4.69) is 25.6 Å². The van der Waals surface area contributed by atoms with Gasteiger partial charge in [0.15, 0.2) is 0 Å². The Morgan fingerprint density at radius 2 is 2.11 bits per heavy atom. The average Bonchev–Trinajstić information content (AvgIpc) is 2.83. The lowest BCUT2D eigenvalue weighted by Crippen LogP contribution is -2.12. The maximum absolute atomic E-state index is 12.2. The zero-order chi connectivity index (χ0) is 14.0. The molecule has 0 aliphatic heterocycles. The van der Waals surface area contributed by atoms with Crippen molar-refractivity contribution in [3.63, 3.8) is 0 Å². The monoisotopic (exact) mass is 363 g/mol. The summed E-state index contributed by atoms with van der Waals surface area (Å²) in [6, 6.07) is 6.34. The zero-order valence-electron chi connectivity index (χ0n) is 9.65. The second-order valence-electron chi connectivity index (χ2n) is 3.79. The maximum Gasteiger partial charge on any atom is 0.263 e. The number of nitrogens with two attached hydrogens (primary N) is 1. The van der Waals surface area contributed by atoms with Crippen molar-refractivity contribution in [2.75, 3.05) is 4.72 Å². The van der Waals surface area contributed by atoms with Crippen molar-refractivity contribution in [1.82, 2.24) is 4.98 Å². The molecule has 0 unspecified atom stereocenters. The first-order valence-electron chi connectivity index (χ1n) is 5.27. The number of nitrogens with one attached hydrogen (secondary N) is 2. The number of H-pyrrole nitrogens is 1. The van der Waals surface area contributed by atoms with Crippen LogP contribution in [0.25, 0.3) is 0 Å². The van der Waals surface area contributed by atoms with Gasteiger partial charge in [0.1, 0.15) is 4.90 Å². The molecule has 0 bridgehead atoms. The molecule has 1 aromatic heterocycles. The van der Waals surface area contributed by atoms with Crippen molar-refractivity contribution in [2.24, 2.45) is 5.73 Å². The Balaban J connectivity index is 2.33. The van der Waals surface area contributed by atoms with E-state index in [9.17, 15) is 8.42 Å². The van der Waals surface area contributed by atoms with Crippen molar-refractivity contribution in [1.29, 1.82) is 0 Å². The second kappa shape index (κ2) is 5.54. The Kier molecular flexibility index (Phi) is 4.19. The number of aromatic nitrogens is 1. The molecule has 2 aromatic rings. The Morgan fingerprint density at radius 3 is 2.74 bits per heavy atom. The second-order valence-corrected chi connectivity index (χ2v) is 6.77. The van der Waals surface area contributed by atoms with E-state index in [1.54, 1.807) is 12.1 Å². The van der Waals surface area contributed by atoms with E-state index in [1.165, 1.54) is 18.3 Å². The average molecular weight is 365 g/mol. The summed E-state index contributed by atoms with van der Waals surface area (Å²) >= 11 is 9.10. The van der Waals surface area contributed by atoms with Gasteiger partial charge >= 0.3 is 0 Å². The topological polar surface area (TPSA) is 88.0 Å². The minimum absolute atomic E-state index is 0.125. The third-order valence-corrected chi connectivity index (χ3v) is 4.69. The largest absolute Gasteiger partial charge is 0.363 e. The summed E-state index contributed by atoms with van der Waals surface area (Å²) in [5.41, 5.74) is 6.45. The van der Waals surface area contributed by atoms with E-state index in [4.69, 9.17) is 17.3 Å². The number of aromatic amines is 1. The number of benzene rings is 1. The molecule has 1 heterocycles. The summed E-state index contributed by atoms with van der Waals surface area (Å²) < 4.78 is 27.4. The van der Waals surface area contributed by atoms with Gasteiger partial charge in [-0.25, -0.2) is 8.42 Å². The number of rotatable bonds is 4. The molecule has 0 saturated heterocycles. The van der Waals surface area contributed by atoms with Gasteiger partial charge in [-0.2, -0.15) is 0 Å². The molecule has 4 N–H and O–H groups in total. The fourth-order valence-corrected chi connectivity index (χ4v) is 3.21. The van der Waals surface area contributed by atoms with Gasteiger partial charge in [-0.1, -0.05) is 11.6 Å². The standard InChI is InChI=1S/C11H11BrClN3O2S/c12-10-2-1-7(13)3-11(10)16-19(17,18)9-4-8(5-14)15-6-9/h1-4,6,15-16H,5,14H2. The smallest absolute Gasteiger partial charge is 0.263 e. The Morgan fingerprint density at radius 1 is 1.37 bits per heavy atom. The number of hydrogen-bond donors (Lipinski definition) is 3.